The number of para-hydroxylation sites is 1. The molecule has 0 atom stereocenters. The molecule has 0 bridgehead atoms. The molecule has 3 aromatic heterocycles. The van der Waals surface area contributed by atoms with Crippen molar-refractivity contribution in [3.05, 3.63) is 67.4 Å². The molecule has 9 nitrogen and oxygen atoms in total. The highest BCUT2D eigenvalue weighted by molar-refractivity contribution is 5.97. The number of hydrogen-bond acceptors (Lipinski definition) is 7. The van der Waals surface area contributed by atoms with Crippen LogP contribution in [0, 0.1) is 5.95 Å². The number of carbonyl (C=O) groups excluding carboxylic acids is 1. The smallest absolute Gasteiger partial charge is 0.245 e. The van der Waals surface area contributed by atoms with Crippen LogP contribution in [0.3, 0.4) is 0 Å². The zero-order valence-electron chi connectivity index (χ0n) is 18.4. The average molecular weight is 462 g/mol. The molecule has 1 saturated heterocycles. The maximum absolute atomic E-state index is 14.5. The number of fused-ring (bicyclic) bond motifs is 1. The van der Waals surface area contributed by atoms with Crippen LogP contribution in [0.4, 0.5) is 10.2 Å². The summed E-state index contributed by atoms with van der Waals surface area (Å²) in [5.74, 6) is 0.307. The molecule has 0 aliphatic carbocycles. The van der Waals surface area contributed by atoms with Crippen molar-refractivity contribution in [3.63, 3.8) is 0 Å². The van der Waals surface area contributed by atoms with Gasteiger partial charge in [0.05, 0.1) is 16.6 Å². The molecule has 1 fully saturated rings. The van der Waals surface area contributed by atoms with Gasteiger partial charge in [0, 0.05) is 19.2 Å². The molecule has 34 heavy (non-hydrogen) atoms. The summed E-state index contributed by atoms with van der Waals surface area (Å²) in [5, 5.41) is 7.19. The lowest BCUT2D eigenvalue weighted by Crippen LogP contribution is -2.34. The maximum Gasteiger partial charge on any atom is 0.245 e. The SMILES string of the molecule is C=CC(=O)N1CCCCC1.Nc1ncnc2n[nH]c(-c3ccc(Oc4ccccc4)nc3F)c12. The first-order valence-corrected chi connectivity index (χ1v) is 10.8. The molecule has 4 aromatic rings. The number of aromatic amines is 1. The van der Waals surface area contributed by atoms with Crippen LogP contribution in [0.5, 0.6) is 11.6 Å². The lowest BCUT2D eigenvalue weighted by Gasteiger charge is -2.25. The number of amides is 1. The zero-order valence-corrected chi connectivity index (χ0v) is 18.4. The van der Waals surface area contributed by atoms with Gasteiger partial charge >= 0.3 is 0 Å². The Morgan fingerprint density at radius 3 is 2.59 bits per heavy atom. The lowest BCUT2D eigenvalue weighted by atomic mass is 10.1. The predicted octanol–water partition coefficient (Wildman–Crippen LogP) is 4.11. The fourth-order valence-electron chi connectivity index (χ4n) is 3.59. The van der Waals surface area contributed by atoms with Crippen molar-refractivity contribution in [1.29, 1.82) is 0 Å². The number of ether oxygens (including phenoxy) is 1. The summed E-state index contributed by atoms with van der Waals surface area (Å²) in [6, 6.07) is 12.1. The third-order valence-electron chi connectivity index (χ3n) is 5.28. The molecule has 0 spiro atoms. The second-order valence-electron chi connectivity index (χ2n) is 7.55. The van der Waals surface area contributed by atoms with Gasteiger partial charge in [-0.25, -0.2) is 9.97 Å². The van der Waals surface area contributed by atoms with Crippen molar-refractivity contribution in [2.75, 3.05) is 18.8 Å². The first-order chi connectivity index (χ1) is 16.6. The van der Waals surface area contributed by atoms with Crippen LogP contribution < -0.4 is 10.5 Å². The van der Waals surface area contributed by atoms with E-state index in [1.807, 2.05) is 23.1 Å². The van der Waals surface area contributed by atoms with E-state index in [0.29, 0.717) is 22.5 Å². The quantitative estimate of drug-likeness (QED) is 0.346. The minimum Gasteiger partial charge on any atom is -0.439 e. The highest BCUT2D eigenvalue weighted by atomic mass is 19.1. The minimum absolute atomic E-state index is 0.0831. The van der Waals surface area contributed by atoms with Crippen LogP contribution in [0.25, 0.3) is 22.3 Å². The first kappa shape index (κ1) is 22.8. The predicted molar refractivity (Wildman–Crippen MR) is 126 cm³/mol. The number of piperidine rings is 1. The van der Waals surface area contributed by atoms with Crippen LogP contribution in [0.2, 0.25) is 0 Å². The van der Waals surface area contributed by atoms with Crippen molar-refractivity contribution in [2.45, 2.75) is 19.3 Å². The number of pyridine rings is 1. The number of carbonyl (C=O) groups is 1. The number of hydrogen-bond donors (Lipinski definition) is 2. The van der Waals surface area contributed by atoms with Gasteiger partial charge in [-0.3, -0.25) is 9.89 Å². The summed E-state index contributed by atoms with van der Waals surface area (Å²) in [4.78, 5) is 24.6. The van der Waals surface area contributed by atoms with E-state index in [1.165, 1.54) is 18.8 Å². The monoisotopic (exact) mass is 461 g/mol. The number of nitrogens with zero attached hydrogens (tertiary/aromatic N) is 5. The van der Waals surface area contributed by atoms with E-state index in [9.17, 15) is 9.18 Å². The standard InChI is InChI=1S/C16H11FN6O.C8H13NO/c17-14-10(13-12-15(18)19-8-20-16(12)23-22-13)6-7-11(21-14)24-9-4-2-1-3-5-9;1-2-8(10)9-6-4-3-5-7-9/h1-8H,(H3,18,19,20,22,23);2H,1,3-7H2. The van der Waals surface area contributed by atoms with Gasteiger partial charge in [-0.1, -0.05) is 24.8 Å². The highest BCUT2D eigenvalue weighted by Gasteiger charge is 2.17. The summed E-state index contributed by atoms with van der Waals surface area (Å²) in [7, 11) is 0. The number of anilines is 1. The van der Waals surface area contributed by atoms with Gasteiger partial charge in [0.2, 0.25) is 17.7 Å². The van der Waals surface area contributed by atoms with E-state index in [1.54, 1.807) is 24.3 Å². The van der Waals surface area contributed by atoms with Crippen LogP contribution in [0.1, 0.15) is 19.3 Å². The normalized spacial score (nSPS) is 13.1. The number of benzene rings is 1. The third kappa shape index (κ3) is 5.17. The Morgan fingerprint density at radius 1 is 1.12 bits per heavy atom. The second-order valence-corrected chi connectivity index (χ2v) is 7.55. The van der Waals surface area contributed by atoms with E-state index < -0.39 is 5.95 Å². The molecule has 10 heteroatoms. The Kier molecular flexibility index (Phi) is 7.07. The number of likely N-dealkylation sites (tertiary alicyclic amines) is 1. The van der Waals surface area contributed by atoms with Crippen LogP contribution in [-0.4, -0.2) is 49.0 Å². The summed E-state index contributed by atoms with van der Waals surface area (Å²) in [5.41, 5.74) is 6.79. The Morgan fingerprint density at radius 2 is 1.88 bits per heavy atom. The minimum atomic E-state index is -0.711. The summed E-state index contributed by atoms with van der Waals surface area (Å²) in [6.07, 6.45) is 6.26. The first-order valence-electron chi connectivity index (χ1n) is 10.8. The zero-order chi connectivity index (χ0) is 23.9. The fourth-order valence-corrected chi connectivity index (χ4v) is 3.59. The van der Waals surface area contributed by atoms with Gasteiger partial charge in [0.25, 0.3) is 0 Å². The molecule has 4 heterocycles. The van der Waals surface area contributed by atoms with Gasteiger partial charge < -0.3 is 15.4 Å². The number of H-pyrrole nitrogens is 1. The Hall–Kier alpha value is -4.34. The summed E-state index contributed by atoms with van der Waals surface area (Å²) < 4.78 is 20.0. The van der Waals surface area contributed by atoms with E-state index in [0.717, 1.165) is 25.9 Å². The van der Waals surface area contributed by atoms with E-state index in [2.05, 4.69) is 31.7 Å². The van der Waals surface area contributed by atoms with Gasteiger partial charge in [0.15, 0.2) is 5.65 Å². The van der Waals surface area contributed by atoms with Crippen molar-refractivity contribution in [1.82, 2.24) is 30.0 Å². The molecular weight excluding hydrogens is 437 g/mol. The van der Waals surface area contributed by atoms with Gasteiger partial charge in [0.1, 0.15) is 17.9 Å². The van der Waals surface area contributed by atoms with Crippen molar-refractivity contribution < 1.29 is 13.9 Å². The molecule has 3 N–H and O–H groups in total. The number of halogens is 1. The summed E-state index contributed by atoms with van der Waals surface area (Å²) in [6.45, 7) is 5.29. The number of nitrogen functional groups attached to an aromatic ring is 1. The second kappa shape index (κ2) is 10.5. The fraction of sp³-hybridized carbons (Fsp3) is 0.208. The van der Waals surface area contributed by atoms with Gasteiger partial charge in [-0.2, -0.15) is 14.5 Å². The van der Waals surface area contributed by atoms with Crippen molar-refractivity contribution >= 4 is 22.8 Å². The Balaban J connectivity index is 0.000000231. The molecule has 5 rings (SSSR count). The molecular formula is C24H24FN7O2. The van der Waals surface area contributed by atoms with Crippen molar-refractivity contribution in [2.24, 2.45) is 0 Å². The van der Waals surface area contributed by atoms with Gasteiger partial charge in [-0.15, -0.1) is 0 Å². The Labute approximate surface area is 195 Å². The Bertz CT molecular complexity index is 1290. The molecule has 174 valence electrons. The largest absolute Gasteiger partial charge is 0.439 e. The highest BCUT2D eigenvalue weighted by Crippen LogP contribution is 2.31. The van der Waals surface area contributed by atoms with Crippen molar-refractivity contribution in [3.8, 4) is 22.9 Å². The van der Waals surface area contributed by atoms with E-state index in [-0.39, 0.29) is 23.2 Å². The molecule has 0 radical (unpaired) electrons. The topological polar surface area (TPSA) is 123 Å². The average Bonchev–Trinajstić information content (AvgIpc) is 3.30. The molecule has 1 amide bonds. The maximum atomic E-state index is 14.5. The van der Waals surface area contributed by atoms with Crippen LogP contribution >= 0.6 is 0 Å². The molecule has 0 saturated carbocycles. The van der Waals surface area contributed by atoms with Gasteiger partial charge in [-0.05, 0) is 43.5 Å². The number of rotatable bonds is 4. The number of aromatic nitrogens is 5. The summed E-state index contributed by atoms with van der Waals surface area (Å²) >= 11 is 0. The number of nitrogens with two attached hydrogens (primary N) is 1. The van der Waals surface area contributed by atoms with Crippen LogP contribution in [0.15, 0.2) is 61.4 Å². The number of nitrogens with one attached hydrogen (secondary N) is 1. The molecule has 1 aliphatic rings. The van der Waals surface area contributed by atoms with Crippen LogP contribution in [-0.2, 0) is 4.79 Å². The van der Waals surface area contributed by atoms with E-state index in [4.69, 9.17) is 10.5 Å². The molecule has 1 aliphatic heterocycles. The van der Waals surface area contributed by atoms with E-state index >= 15 is 0 Å². The lowest BCUT2D eigenvalue weighted by molar-refractivity contribution is -0.126. The molecule has 0 unspecified atom stereocenters. The third-order valence-corrected chi connectivity index (χ3v) is 5.28. The molecule has 1 aromatic carbocycles.